The predicted molar refractivity (Wildman–Crippen MR) is 75.0 cm³/mol. The molecule has 6 heteroatoms. The van der Waals surface area contributed by atoms with Crippen LogP contribution in [-0.4, -0.2) is 32.4 Å². The summed E-state index contributed by atoms with van der Waals surface area (Å²) in [5.41, 5.74) is 0.990. The molecule has 1 unspecified atom stereocenters. The lowest BCUT2D eigenvalue weighted by atomic mass is 10.2. The second kappa shape index (κ2) is 5.52. The van der Waals surface area contributed by atoms with Crippen LogP contribution in [-0.2, 0) is 11.3 Å². The summed E-state index contributed by atoms with van der Waals surface area (Å²) in [7, 11) is 1.82. The van der Waals surface area contributed by atoms with E-state index in [1.54, 1.807) is 39.5 Å². The summed E-state index contributed by atoms with van der Waals surface area (Å²) in [5.74, 6) is 0.0514. The van der Waals surface area contributed by atoms with Gasteiger partial charge in [0.1, 0.15) is 6.54 Å². The molecule has 0 radical (unpaired) electrons. The highest BCUT2D eigenvalue weighted by Crippen LogP contribution is 2.26. The van der Waals surface area contributed by atoms with Gasteiger partial charge in [0.15, 0.2) is 0 Å². The molecule has 0 spiro atoms. The Kier molecular flexibility index (Phi) is 3.99. The number of hydrogen-bond acceptors (Lipinski definition) is 4. The van der Waals surface area contributed by atoms with E-state index >= 15 is 0 Å². The molecular weight excluding hydrogens is 260 g/mol. The summed E-state index contributed by atoms with van der Waals surface area (Å²) < 4.78 is 1.77. The molecule has 0 aliphatic rings. The Bertz CT molecular complexity index is 561. The molecule has 1 amide bonds. The molecule has 19 heavy (non-hydrogen) atoms. The standard InChI is InChI=1S/C13H18N4OS/c1-9(13-10(2)19-11(3)15-13)16(4)12(18)7-17-6-5-14-8-17/h5-6,8-9H,7H2,1-4H3. The first-order valence-electron chi connectivity index (χ1n) is 6.14. The maximum absolute atomic E-state index is 12.2. The molecule has 0 saturated heterocycles. The Balaban J connectivity index is 2.08. The maximum Gasteiger partial charge on any atom is 0.242 e. The third kappa shape index (κ3) is 3.01. The molecule has 2 rings (SSSR count). The highest BCUT2D eigenvalue weighted by molar-refractivity contribution is 7.11. The number of carbonyl (C=O) groups excluding carboxylic acids is 1. The summed E-state index contributed by atoms with van der Waals surface area (Å²) in [4.78, 5) is 23.6. The van der Waals surface area contributed by atoms with Gasteiger partial charge in [-0.25, -0.2) is 9.97 Å². The predicted octanol–water partition coefficient (Wildman–Crippen LogP) is 2.18. The van der Waals surface area contributed by atoms with E-state index in [4.69, 9.17) is 0 Å². The van der Waals surface area contributed by atoms with E-state index in [9.17, 15) is 4.79 Å². The van der Waals surface area contributed by atoms with Gasteiger partial charge in [-0.3, -0.25) is 4.79 Å². The average molecular weight is 278 g/mol. The quantitative estimate of drug-likeness (QED) is 0.861. The van der Waals surface area contributed by atoms with Crippen LogP contribution in [0.2, 0.25) is 0 Å². The van der Waals surface area contributed by atoms with E-state index in [1.807, 2.05) is 27.8 Å². The van der Waals surface area contributed by atoms with E-state index in [0.717, 1.165) is 10.7 Å². The van der Waals surface area contributed by atoms with Crippen LogP contribution in [0.1, 0.15) is 28.5 Å². The number of likely N-dealkylation sites (N-methyl/N-ethyl adjacent to an activating group) is 1. The van der Waals surface area contributed by atoms with Gasteiger partial charge in [0.05, 0.1) is 23.1 Å². The Labute approximate surface area is 116 Å². The van der Waals surface area contributed by atoms with Gasteiger partial charge in [-0.15, -0.1) is 11.3 Å². The minimum Gasteiger partial charge on any atom is -0.336 e. The molecule has 0 fully saturated rings. The number of nitrogens with zero attached hydrogens (tertiary/aromatic N) is 4. The molecule has 0 aliphatic heterocycles. The van der Waals surface area contributed by atoms with Crippen molar-refractivity contribution in [1.82, 2.24) is 19.4 Å². The van der Waals surface area contributed by atoms with Gasteiger partial charge in [-0.05, 0) is 20.8 Å². The maximum atomic E-state index is 12.2. The fourth-order valence-electron chi connectivity index (χ4n) is 1.98. The van der Waals surface area contributed by atoms with Gasteiger partial charge in [-0.2, -0.15) is 0 Å². The molecule has 0 saturated carbocycles. The number of carbonyl (C=O) groups is 1. The van der Waals surface area contributed by atoms with Gasteiger partial charge in [-0.1, -0.05) is 0 Å². The molecule has 102 valence electrons. The van der Waals surface area contributed by atoms with Gasteiger partial charge in [0.25, 0.3) is 0 Å². The molecule has 1 atom stereocenters. The van der Waals surface area contributed by atoms with Crippen molar-refractivity contribution >= 4 is 17.2 Å². The molecule has 0 aliphatic carbocycles. The fourth-order valence-corrected chi connectivity index (χ4v) is 2.89. The topological polar surface area (TPSA) is 51.0 Å². The van der Waals surface area contributed by atoms with Gasteiger partial charge in [0.2, 0.25) is 5.91 Å². The minimum atomic E-state index is -0.0130. The zero-order valence-electron chi connectivity index (χ0n) is 11.6. The summed E-state index contributed by atoms with van der Waals surface area (Å²) in [6.45, 7) is 6.35. The number of amides is 1. The first-order chi connectivity index (χ1) is 8.99. The van der Waals surface area contributed by atoms with Gasteiger partial charge < -0.3 is 9.47 Å². The minimum absolute atomic E-state index is 0.0130. The second-order valence-corrected chi connectivity index (χ2v) is 6.00. The normalized spacial score (nSPS) is 12.4. The monoisotopic (exact) mass is 278 g/mol. The van der Waals surface area contributed by atoms with Crippen molar-refractivity contribution in [2.24, 2.45) is 0 Å². The lowest BCUT2D eigenvalue weighted by molar-refractivity contribution is -0.132. The third-order valence-corrected chi connectivity index (χ3v) is 4.09. The first-order valence-corrected chi connectivity index (χ1v) is 6.96. The lowest BCUT2D eigenvalue weighted by Crippen LogP contribution is -2.32. The second-order valence-electron chi connectivity index (χ2n) is 4.59. The fraction of sp³-hybridized carbons (Fsp3) is 0.462. The largest absolute Gasteiger partial charge is 0.336 e. The van der Waals surface area contributed by atoms with Crippen LogP contribution in [0.3, 0.4) is 0 Å². The van der Waals surface area contributed by atoms with Crippen molar-refractivity contribution in [3.05, 3.63) is 34.3 Å². The van der Waals surface area contributed by atoms with Crippen LogP contribution in [0.5, 0.6) is 0 Å². The Morgan fingerprint density at radius 3 is 2.79 bits per heavy atom. The van der Waals surface area contributed by atoms with Crippen molar-refractivity contribution in [1.29, 1.82) is 0 Å². The van der Waals surface area contributed by atoms with E-state index in [1.165, 1.54) is 4.88 Å². The average Bonchev–Trinajstić information content (AvgIpc) is 2.97. The summed E-state index contributed by atoms with van der Waals surface area (Å²) in [6.07, 6.45) is 5.11. The third-order valence-electron chi connectivity index (χ3n) is 3.19. The van der Waals surface area contributed by atoms with Crippen LogP contribution < -0.4 is 0 Å². The molecule has 0 aromatic carbocycles. The van der Waals surface area contributed by atoms with Crippen molar-refractivity contribution in [3.8, 4) is 0 Å². The zero-order chi connectivity index (χ0) is 14.0. The highest BCUT2D eigenvalue weighted by atomic mass is 32.1. The molecular formula is C13H18N4OS. The number of rotatable bonds is 4. The molecule has 0 bridgehead atoms. The number of hydrogen-bond donors (Lipinski definition) is 0. The Morgan fingerprint density at radius 1 is 1.53 bits per heavy atom. The summed E-state index contributed by atoms with van der Waals surface area (Å²) >= 11 is 1.67. The van der Waals surface area contributed by atoms with E-state index < -0.39 is 0 Å². The smallest absolute Gasteiger partial charge is 0.242 e. The van der Waals surface area contributed by atoms with E-state index in [0.29, 0.717) is 6.54 Å². The van der Waals surface area contributed by atoms with Crippen molar-refractivity contribution in [3.63, 3.8) is 0 Å². The van der Waals surface area contributed by atoms with Crippen LogP contribution in [0, 0.1) is 13.8 Å². The van der Waals surface area contributed by atoms with Crippen molar-refractivity contribution < 1.29 is 4.79 Å². The highest BCUT2D eigenvalue weighted by Gasteiger charge is 2.21. The van der Waals surface area contributed by atoms with Crippen molar-refractivity contribution in [2.75, 3.05) is 7.05 Å². The molecule has 2 aromatic rings. The first kappa shape index (κ1) is 13.7. The SMILES string of the molecule is Cc1nc(C(C)N(C)C(=O)Cn2ccnc2)c(C)s1. The molecule has 0 N–H and O–H groups in total. The number of imidazole rings is 1. The molecule has 2 aromatic heterocycles. The van der Waals surface area contributed by atoms with Gasteiger partial charge in [0, 0.05) is 24.3 Å². The van der Waals surface area contributed by atoms with Crippen LogP contribution in [0.4, 0.5) is 0 Å². The zero-order valence-corrected chi connectivity index (χ0v) is 12.4. The summed E-state index contributed by atoms with van der Waals surface area (Å²) in [6, 6.07) is -0.0130. The molecule has 5 nitrogen and oxygen atoms in total. The Morgan fingerprint density at radius 2 is 2.26 bits per heavy atom. The van der Waals surface area contributed by atoms with Crippen LogP contribution >= 0.6 is 11.3 Å². The van der Waals surface area contributed by atoms with E-state index in [-0.39, 0.29) is 11.9 Å². The van der Waals surface area contributed by atoms with Gasteiger partial charge >= 0.3 is 0 Å². The van der Waals surface area contributed by atoms with Crippen LogP contribution in [0.15, 0.2) is 18.7 Å². The van der Waals surface area contributed by atoms with Crippen LogP contribution in [0.25, 0.3) is 0 Å². The van der Waals surface area contributed by atoms with E-state index in [2.05, 4.69) is 9.97 Å². The number of aromatic nitrogens is 3. The summed E-state index contributed by atoms with van der Waals surface area (Å²) in [5, 5.41) is 1.04. The lowest BCUT2D eigenvalue weighted by Gasteiger charge is -2.24. The Hall–Kier alpha value is -1.69. The van der Waals surface area contributed by atoms with Crippen molar-refractivity contribution in [2.45, 2.75) is 33.4 Å². The number of aryl methyl sites for hydroxylation is 2. The molecule has 2 heterocycles. The number of thiazole rings is 1.